The first-order valence-corrected chi connectivity index (χ1v) is 7.00. The largest absolute Gasteiger partial charge is 0.508 e. The molecule has 0 spiro atoms. The number of nitrogens with zero attached hydrogens (tertiary/aromatic N) is 1. The average molecular weight is 264 g/mol. The highest BCUT2D eigenvalue weighted by Gasteiger charge is 2.20. The van der Waals surface area contributed by atoms with Crippen molar-refractivity contribution in [3.63, 3.8) is 0 Å². The molecule has 1 heterocycles. The van der Waals surface area contributed by atoms with Crippen LogP contribution >= 0.6 is 0 Å². The Kier molecular flexibility index (Phi) is 4.66. The highest BCUT2D eigenvalue weighted by molar-refractivity contribution is 5.40. The van der Waals surface area contributed by atoms with Crippen molar-refractivity contribution in [1.82, 2.24) is 10.2 Å². The summed E-state index contributed by atoms with van der Waals surface area (Å²) in [5, 5.41) is 22.9. The van der Waals surface area contributed by atoms with Gasteiger partial charge in [0.1, 0.15) is 11.5 Å². The minimum Gasteiger partial charge on any atom is -0.508 e. The lowest BCUT2D eigenvalue weighted by Gasteiger charge is -2.31. The third-order valence-corrected chi connectivity index (χ3v) is 4.07. The molecule has 0 radical (unpaired) electrons. The number of phenolic OH excluding ortho intramolecular Hbond substituents is 2. The molecule has 1 fully saturated rings. The van der Waals surface area contributed by atoms with Crippen molar-refractivity contribution in [3.05, 3.63) is 23.8 Å². The van der Waals surface area contributed by atoms with Crippen molar-refractivity contribution < 1.29 is 10.2 Å². The van der Waals surface area contributed by atoms with Crippen LogP contribution in [0.2, 0.25) is 0 Å². The maximum atomic E-state index is 9.91. The molecule has 0 bridgehead atoms. The summed E-state index contributed by atoms with van der Waals surface area (Å²) in [6.07, 6.45) is 2.50. The van der Waals surface area contributed by atoms with Crippen molar-refractivity contribution in [2.45, 2.75) is 25.8 Å². The van der Waals surface area contributed by atoms with Gasteiger partial charge in [0.2, 0.25) is 0 Å². The minimum absolute atomic E-state index is 0.0917. The van der Waals surface area contributed by atoms with Crippen LogP contribution < -0.4 is 5.32 Å². The Balaban J connectivity index is 2.01. The fourth-order valence-corrected chi connectivity index (χ4v) is 2.76. The van der Waals surface area contributed by atoms with E-state index in [0.29, 0.717) is 5.92 Å². The minimum atomic E-state index is 0.0917. The van der Waals surface area contributed by atoms with E-state index in [4.69, 9.17) is 0 Å². The van der Waals surface area contributed by atoms with Crippen LogP contribution in [0.5, 0.6) is 11.5 Å². The van der Waals surface area contributed by atoms with Crippen molar-refractivity contribution in [2.24, 2.45) is 5.92 Å². The van der Waals surface area contributed by atoms with Crippen molar-refractivity contribution >= 4 is 0 Å². The van der Waals surface area contributed by atoms with Crippen LogP contribution in [0.1, 0.15) is 31.4 Å². The van der Waals surface area contributed by atoms with E-state index in [0.717, 1.165) is 25.2 Å². The molecular weight excluding hydrogens is 240 g/mol. The van der Waals surface area contributed by atoms with Crippen molar-refractivity contribution in [3.8, 4) is 11.5 Å². The van der Waals surface area contributed by atoms with Crippen LogP contribution in [0.4, 0.5) is 0 Å². The topological polar surface area (TPSA) is 55.7 Å². The molecule has 0 saturated carbocycles. The van der Waals surface area contributed by atoms with E-state index in [9.17, 15) is 10.2 Å². The second kappa shape index (κ2) is 6.26. The van der Waals surface area contributed by atoms with Crippen LogP contribution in [-0.2, 0) is 0 Å². The quantitative estimate of drug-likeness (QED) is 0.729. The molecule has 3 N–H and O–H groups in total. The van der Waals surface area contributed by atoms with Gasteiger partial charge in [0.15, 0.2) is 0 Å². The van der Waals surface area contributed by atoms with Crippen LogP contribution in [-0.4, -0.2) is 41.8 Å². The van der Waals surface area contributed by atoms with Gasteiger partial charge in [-0.2, -0.15) is 0 Å². The summed E-state index contributed by atoms with van der Waals surface area (Å²) in [5.41, 5.74) is 0.784. The molecule has 0 amide bonds. The van der Waals surface area contributed by atoms with Gasteiger partial charge in [-0.3, -0.25) is 4.90 Å². The number of hydrogen-bond donors (Lipinski definition) is 3. The Bertz CT molecular complexity index is 417. The normalized spacial score (nSPS) is 21.5. The molecule has 0 aliphatic carbocycles. The summed E-state index contributed by atoms with van der Waals surface area (Å²) in [7, 11) is 2.07. The molecule has 1 saturated heterocycles. The Morgan fingerprint density at radius 2 is 2.21 bits per heavy atom. The molecule has 0 aromatic heterocycles. The lowest BCUT2D eigenvalue weighted by Crippen LogP contribution is -2.37. The summed E-state index contributed by atoms with van der Waals surface area (Å²) < 4.78 is 0. The molecule has 2 rings (SSSR count). The highest BCUT2D eigenvalue weighted by atomic mass is 16.3. The highest BCUT2D eigenvalue weighted by Crippen LogP contribution is 2.31. The van der Waals surface area contributed by atoms with Crippen LogP contribution in [0.25, 0.3) is 0 Å². The second-order valence-electron chi connectivity index (χ2n) is 5.57. The molecule has 1 aromatic carbocycles. The second-order valence-corrected chi connectivity index (χ2v) is 5.57. The van der Waals surface area contributed by atoms with Gasteiger partial charge in [-0.1, -0.05) is 0 Å². The zero-order valence-corrected chi connectivity index (χ0v) is 11.8. The van der Waals surface area contributed by atoms with Gasteiger partial charge >= 0.3 is 0 Å². The van der Waals surface area contributed by atoms with E-state index >= 15 is 0 Å². The van der Waals surface area contributed by atoms with E-state index in [1.54, 1.807) is 12.1 Å². The zero-order valence-electron chi connectivity index (χ0n) is 11.8. The Hall–Kier alpha value is -1.26. The molecule has 106 valence electrons. The van der Waals surface area contributed by atoms with Crippen LogP contribution in [0.3, 0.4) is 0 Å². The van der Waals surface area contributed by atoms with Gasteiger partial charge in [-0.05, 0) is 64.0 Å². The van der Waals surface area contributed by atoms with E-state index in [1.807, 2.05) is 0 Å². The van der Waals surface area contributed by atoms with Gasteiger partial charge in [0, 0.05) is 18.2 Å². The molecule has 4 nitrogen and oxygen atoms in total. The fourth-order valence-electron chi connectivity index (χ4n) is 2.76. The number of piperidine rings is 1. The molecule has 2 atom stereocenters. The fraction of sp³-hybridized carbons (Fsp3) is 0.600. The number of hydrogen-bond acceptors (Lipinski definition) is 4. The Morgan fingerprint density at radius 1 is 1.42 bits per heavy atom. The summed E-state index contributed by atoms with van der Waals surface area (Å²) in [6.45, 7) is 5.26. The van der Waals surface area contributed by atoms with Gasteiger partial charge in [-0.25, -0.2) is 0 Å². The zero-order chi connectivity index (χ0) is 13.8. The Labute approximate surface area is 115 Å². The lowest BCUT2D eigenvalue weighted by atomic mass is 9.97. The van der Waals surface area contributed by atoms with E-state index in [-0.39, 0.29) is 17.5 Å². The maximum absolute atomic E-state index is 9.91. The molecule has 1 aromatic rings. The molecule has 1 aliphatic heterocycles. The first-order chi connectivity index (χ1) is 9.08. The van der Waals surface area contributed by atoms with E-state index in [1.165, 1.54) is 18.9 Å². The number of nitrogens with one attached hydrogen (secondary N) is 1. The van der Waals surface area contributed by atoms with Crippen molar-refractivity contribution in [2.75, 3.05) is 26.7 Å². The Morgan fingerprint density at radius 3 is 2.89 bits per heavy atom. The third kappa shape index (κ3) is 3.61. The maximum Gasteiger partial charge on any atom is 0.120 e. The van der Waals surface area contributed by atoms with Gasteiger partial charge in [0.25, 0.3) is 0 Å². The van der Waals surface area contributed by atoms with Crippen LogP contribution in [0.15, 0.2) is 18.2 Å². The predicted octanol–water partition coefficient (Wildman–Crippen LogP) is 2.09. The summed E-state index contributed by atoms with van der Waals surface area (Å²) >= 11 is 0. The number of aromatic hydroxyl groups is 2. The monoisotopic (exact) mass is 264 g/mol. The number of phenols is 2. The molecule has 4 heteroatoms. The van der Waals surface area contributed by atoms with E-state index < -0.39 is 0 Å². The van der Waals surface area contributed by atoms with E-state index in [2.05, 4.69) is 24.2 Å². The van der Waals surface area contributed by atoms with Crippen LogP contribution in [0, 0.1) is 5.92 Å². The summed E-state index contributed by atoms with van der Waals surface area (Å²) in [4.78, 5) is 2.24. The van der Waals surface area contributed by atoms with Gasteiger partial charge in [-0.15, -0.1) is 0 Å². The number of benzene rings is 1. The molecule has 1 aliphatic rings. The third-order valence-electron chi connectivity index (χ3n) is 4.07. The van der Waals surface area contributed by atoms with Crippen molar-refractivity contribution in [1.29, 1.82) is 0 Å². The average Bonchev–Trinajstić information content (AvgIpc) is 2.42. The number of rotatable bonds is 4. The predicted molar refractivity (Wildman–Crippen MR) is 76.4 cm³/mol. The summed E-state index contributed by atoms with van der Waals surface area (Å²) in [6, 6.07) is 4.80. The van der Waals surface area contributed by atoms with Gasteiger partial charge < -0.3 is 15.5 Å². The molecular formula is C15H24N2O2. The van der Waals surface area contributed by atoms with Gasteiger partial charge in [0.05, 0.1) is 0 Å². The standard InChI is InChI=1S/C15H24N2O2/c1-11(14-8-13(18)5-6-15(14)19)17(2)10-12-4-3-7-16-9-12/h5-6,8,11-12,16,18-19H,3-4,7,9-10H2,1-2H3. The SMILES string of the molecule is CC(c1cc(O)ccc1O)N(C)CC1CCCNC1. The smallest absolute Gasteiger partial charge is 0.120 e. The molecule has 2 unspecified atom stereocenters. The molecule has 19 heavy (non-hydrogen) atoms. The first-order valence-electron chi connectivity index (χ1n) is 7.00. The first kappa shape index (κ1) is 14.2. The lowest BCUT2D eigenvalue weighted by molar-refractivity contribution is 0.196. The summed E-state index contributed by atoms with van der Waals surface area (Å²) in [5.74, 6) is 1.12.